The number of aromatic nitrogens is 3. The minimum absolute atomic E-state index is 0.600. The van der Waals surface area contributed by atoms with Crippen LogP contribution in [0.15, 0.2) is 174 Å². The molecular formula is C53H33N3O. The molecule has 0 amide bonds. The number of benzene rings is 9. The molecule has 1 aliphatic rings. The predicted molar refractivity (Wildman–Crippen MR) is 236 cm³/mol. The van der Waals surface area contributed by atoms with Gasteiger partial charge in [-0.1, -0.05) is 146 Å². The molecule has 0 unspecified atom stereocenters. The van der Waals surface area contributed by atoms with Gasteiger partial charge in [0.15, 0.2) is 17.5 Å². The third kappa shape index (κ3) is 5.04. The van der Waals surface area contributed by atoms with Gasteiger partial charge < -0.3 is 4.42 Å². The highest BCUT2D eigenvalue weighted by Gasteiger charge is 2.23. The Balaban J connectivity index is 1.21. The van der Waals surface area contributed by atoms with E-state index >= 15 is 0 Å². The Morgan fingerprint density at radius 2 is 0.947 bits per heavy atom. The monoisotopic (exact) mass is 727 g/mol. The quantitative estimate of drug-likeness (QED) is 0.169. The Kier molecular flexibility index (Phi) is 7.02. The summed E-state index contributed by atoms with van der Waals surface area (Å²) in [4.78, 5) is 16.4. The molecule has 0 saturated carbocycles. The number of allylic oxidation sites excluding steroid dienone is 1. The van der Waals surface area contributed by atoms with Crippen molar-refractivity contribution in [1.29, 1.82) is 0 Å². The summed E-state index contributed by atoms with van der Waals surface area (Å²) >= 11 is 0. The summed E-state index contributed by atoms with van der Waals surface area (Å²) in [5.41, 5.74) is 9.32. The maximum absolute atomic E-state index is 6.67. The van der Waals surface area contributed by atoms with Crippen molar-refractivity contribution >= 4 is 71.1 Å². The Morgan fingerprint density at radius 3 is 1.60 bits per heavy atom. The largest absolute Gasteiger partial charge is 0.456 e. The molecule has 0 N–H and O–H groups in total. The average molecular weight is 728 g/mol. The lowest BCUT2D eigenvalue weighted by molar-refractivity contribution is 0.669. The highest BCUT2D eigenvalue weighted by atomic mass is 16.3. The van der Waals surface area contributed by atoms with E-state index in [-0.39, 0.29) is 0 Å². The minimum Gasteiger partial charge on any atom is -0.456 e. The fourth-order valence-electron chi connectivity index (χ4n) is 9.12. The smallest absolute Gasteiger partial charge is 0.164 e. The van der Waals surface area contributed by atoms with Gasteiger partial charge >= 0.3 is 0 Å². The van der Waals surface area contributed by atoms with Gasteiger partial charge in [-0.05, 0) is 109 Å². The molecular weight excluding hydrogens is 695 g/mol. The number of aryl methyl sites for hydroxylation is 1. The summed E-state index contributed by atoms with van der Waals surface area (Å²) < 4.78 is 6.67. The van der Waals surface area contributed by atoms with E-state index in [9.17, 15) is 0 Å². The Morgan fingerprint density at radius 1 is 0.404 bits per heavy atom. The van der Waals surface area contributed by atoms with Crippen molar-refractivity contribution in [3.05, 3.63) is 181 Å². The van der Waals surface area contributed by atoms with Crippen molar-refractivity contribution in [2.45, 2.75) is 12.8 Å². The maximum atomic E-state index is 6.67. The number of fused-ring (bicyclic) bond motifs is 10. The van der Waals surface area contributed by atoms with E-state index in [1.165, 1.54) is 27.5 Å². The van der Waals surface area contributed by atoms with Crippen LogP contribution in [0.2, 0.25) is 0 Å². The second kappa shape index (κ2) is 12.6. The third-order valence-corrected chi connectivity index (χ3v) is 11.7. The molecule has 2 aromatic heterocycles. The highest BCUT2D eigenvalue weighted by molar-refractivity contribution is 6.16. The van der Waals surface area contributed by atoms with Gasteiger partial charge in [0.25, 0.3) is 0 Å². The normalized spacial score (nSPS) is 12.7. The molecule has 9 aromatic carbocycles. The van der Waals surface area contributed by atoms with E-state index in [0.29, 0.717) is 17.5 Å². The zero-order chi connectivity index (χ0) is 37.5. The molecule has 1 aliphatic carbocycles. The van der Waals surface area contributed by atoms with Crippen LogP contribution in [0.1, 0.15) is 17.5 Å². The van der Waals surface area contributed by atoms with E-state index in [4.69, 9.17) is 19.4 Å². The first-order valence-electron chi connectivity index (χ1n) is 19.6. The summed E-state index contributed by atoms with van der Waals surface area (Å²) in [5, 5.41) is 11.2. The van der Waals surface area contributed by atoms with Crippen LogP contribution in [0, 0.1) is 0 Å². The minimum atomic E-state index is 0.600. The van der Waals surface area contributed by atoms with Gasteiger partial charge in [-0.25, -0.2) is 15.0 Å². The van der Waals surface area contributed by atoms with Gasteiger partial charge in [0.05, 0.1) is 0 Å². The van der Waals surface area contributed by atoms with Crippen molar-refractivity contribution in [2.24, 2.45) is 0 Å². The molecule has 0 saturated heterocycles. The second-order valence-electron chi connectivity index (χ2n) is 15.0. The summed E-state index contributed by atoms with van der Waals surface area (Å²) in [6.45, 7) is 0. The van der Waals surface area contributed by atoms with Crippen molar-refractivity contribution in [3.63, 3.8) is 0 Å². The standard InChI is InChI=1S/C53H33N3O/c1-4-18-36-32(14-1)17-13-26-39(36)35-30-47(50-44-25-11-12-27-48(44)57-49(50)31-35)53-55-51(45-28-33-15-2-5-19-37(33)40-21-7-9-23-42(40)45)54-52(56-53)46-29-34-16-3-6-20-38(34)41-22-8-10-24-43(41)46/h2-13,15-31H,1,14H2. The first-order valence-corrected chi connectivity index (χ1v) is 19.6. The van der Waals surface area contributed by atoms with Crippen LogP contribution in [-0.2, 0) is 6.42 Å². The van der Waals surface area contributed by atoms with Crippen LogP contribution >= 0.6 is 0 Å². The molecule has 0 spiro atoms. The molecule has 4 heteroatoms. The van der Waals surface area contributed by atoms with Crippen molar-refractivity contribution in [3.8, 4) is 45.3 Å². The fraction of sp³-hybridized carbons (Fsp3) is 0.0377. The summed E-state index contributed by atoms with van der Waals surface area (Å²) in [7, 11) is 0. The van der Waals surface area contributed by atoms with Gasteiger partial charge in [0.1, 0.15) is 11.2 Å². The second-order valence-corrected chi connectivity index (χ2v) is 15.0. The SMILES string of the molecule is C1=Cc2c(cccc2-c2cc(-c3nc(-c4cc5ccccc5c5ccccc45)nc(-c4cc5ccccc5c5ccccc45)n3)c3c(c2)oc2ccccc23)CC1. The molecule has 266 valence electrons. The molecule has 11 aromatic rings. The number of nitrogens with zero attached hydrogens (tertiary/aromatic N) is 3. The molecule has 0 fully saturated rings. The molecule has 12 rings (SSSR count). The Labute approximate surface area is 328 Å². The summed E-state index contributed by atoms with van der Waals surface area (Å²) in [5.74, 6) is 1.85. The van der Waals surface area contributed by atoms with Gasteiger partial charge in [0, 0.05) is 27.5 Å². The number of furan rings is 1. The summed E-state index contributed by atoms with van der Waals surface area (Å²) in [6.07, 6.45) is 6.62. The van der Waals surface area contributed by atoms with Gasteiger partial charge in [-0.3, -0.25) is 0 Å². The first-order chi connectivity index (χ1) is 28.2. The molecule has 2 heterocycles. The van der Waals surface area contributed by atoms with E-state index in [1.54, 1.807) is 0 Å². The third-order valence-electron chi connectivity index (χ3n) is 11.7. The van der Waals surface area contributed by atoms with Crippen LogP contribution in [0.25, 0.3) is 116 Å². The lowest BCUT2D eigenvalue weighted by Gasteiger charge is -2.17. The molecule has 0 aliphatic heterocycles. The van der Waals surface area contributed by atoms with Crippen molar-refractivity contribution in [1.82, 2.24) is 15.0 Å². The summed E-state index contributed by atoms with van der Waals surface area (Å²) in [6, 6.07) is 58.1. The molecule has 0 radical (unpaired) electrons. The molecule has 0 atom stereocenters. The number of hydrogen-bond acceptors (Lipinski definition) is 4. The van der Waals surface area contributed by atoms with E-state index in [2.05, 4.69) is 164 Å². The fourth-order valence-corrected chi connectivity index (χ4v) is 9.12. The number of rotatable bonds is 4. The van der Waals surface area contributed by atoms with Crippen LogP contribution < -0.4 is 0 Å². The van der Waals surface area contributed by atoms with Gasteiger partial charge in [-0.2, -0.15) is 0 Å². The highest BCUT2D eigenvalue weighted by Crippen LogP contribution is 2.43. The maximum Gasteiger partial charge on any atom is 0.164 e. The molecule has 57 heavy (non-hydrogen) atoms. The van der Waals surface area contributed by atoms with Crippen LogP contribution in [0.3, 0.4) is 0 Å². The Bertz CT molecular complexity index is 3350. The molecule has 0 bridgehead atoms. The van der Waals surface area contributed by atoms with Crippen LogP contribution in [-0.4, -0.2) is 15.0 Å². The van der Waals surface area contributed by atoms with Crippen LogP contribution in [0.5, 0.6) is 0 Å². The van der Waals surface area contributed by atoms with Gasteiger partial charge in [-0.15, -0.1) is 0 Å². The average Bonchev–Trinajstić information content (AvgIpc) is 3.66. The zero-order valence-corrected chi connectivity index (χ0v) is 30.9. The first kappa shape index (κ1) is 31.9. The van der Waals surface area contributed by atoms with E-state index in [0.717, 1.165) is 89.4 Å². The Hall–Kier alpha value is -7.43. The number of hydrogen-bond donors (Lipinski definition) is 0. The lowest BCUT2D eigenvalue weighted by atomic mass is 9.89. The van der Waals surface area contributed by atoms with E-state index in [1.807, 2.05) is 12.1 Å². The molecule has 4 nitrogen and oxygen atoms in total. The zero-order valence-electron chi connectivity index (χ0n) is 30.9. The van der Waals surface area contributed by atoms with Crippen molar-refractivity contribution in [2.75, 3.05) is 0 Å². The van der Waals surface area contributed by atoms with Crippen molar-refractivity contribution < 1.29 is 4.42 Å². The lowest BCUT2D eigenvalue weighted by Crippen LogP contribution is -2.02. The van der Waals surface area contributed by atoms with Crippen LogP contribution in [0.4, 0.5) is 0 Å². The number of para-hydroxylation sites is 1. The van der Waals surface area contributed by atoms with Gasteiger partial charge in [0.2, 0.25) is 0 Å². The topological polar surface area (TPSA) is 51.8 Å². The van der Waals surface area contributed by atoms with E-state index < -0.39 is 0 Å². The predicted octanol–water partition coefficient (Wildman–Crippen LogP) is 14.0.